The predicted octanol–water partition coefficient (Wildman–Crippen LogP) is 6.97. The largest absolute Gasteiger partial charge is 0.445 e. The average Bonchev–Trinajstić information content (AvgIpc) is 3.44. The number of hydrogen-bond acceptors (Lipinski definition) is 4. The number of nitrogens with zero attached hydrogens (tertiary/aromatic N) is 1. The van der Waals surface area contributed by atoms with Crippen LogP contribution in [0.1, 0.15) is 91.0 Å². The second-order valence-electron chi connectivity index (χ2n) is 15.7. The van der Waals surface area contributed by atoms with Gasteiger partial charge in [-0.2, -0.15) is 0 Å². The Bertz CT molecular complexity index is 1200. The summed E-state index contributed by atoms with van der Waals surface area (Å²) in [7, 11) is 0. The van der Waals surface area contributed by atoms with Crippen LogP contribution in [0.5, 0.6) is 0 Å². The van der Waals surface area contributed by atoms with Crippen LogP contribution in [0.25, 0.3) is 0 Å². The molecular formula is C36H51NO4. The van der Waals surface area contributed by atoms with Crippen molar-refractivity contribution in [3.63, 3.8) is 0 Å². The number of ether oxygens (including phenoxy) is 1. The molecule has 1 spiro atoms. The summed E-state index contributed by atoms with van der Waals surface area (Å²) in [5.74, 6) is 3.30. The number of carbonyl (C=O) groups excluding carboxylic acids is 1. The maximum atomic E-state index is 13.5. The van der Waals surface area contributed by atoms with E-state index in [1.165, 1.54) is 32.1 Å². The second kappa shape index (κ2) is 9.84. The number of likely N-dealkylation sites (tertiary alicyclic amines) is 1. The Morgan fingerprint density at radius 3 is 2.68 bits per heavy atom. The maximum absolute atomic E-state index is 13.5. The number of amides is 1. The molecule has 1 aromatic rings. The Hall–Kier alpha value is -1.85. The fourth-order valence-corrected chi connectivity index (χ4v) is 11.8. The quantitative estimate of drug-likeness (QED) is 0.390. The molecular weight excluding hydrogens is 510 g/mol. The molecule has 2 N–H and O–H groups in total. The van der Waals surface area contributed by atoms with E-state index in [4.69, 9.17) is 4.74 Å². The summed E-state index contributed by atoms with van der Waals surface area (Å²) in [6.45, 7) is 10.5. The smallest absolute Gasteiger partial charge is 0.410 e. The number of fused-ring (bicyclic) bond motifs is 4. The maximum Gasteiger partial charge on any atom is 0.410 e. The third-order valence-electron chi connectivity index (χ3n) is 13.8. The highest BCUT2D eigenvalue weighted by molar-refractivity contribution is 5.68. The third-order valence-corrected chi connectivity index (χ3v) is 13.8. The first-order valence-electron chi connectivity index (χ1n) is 16.6. The second-order valence-corrected chi connectivity index (χ2v) is 15.7. The van der Waals surface area contributed by atoms with E-state index < -0.39 is 6.10 Å². The van der Waals surface area contributed by atoms with Gasteiger partial charge in [-0.25, -0.2) is 4.79 Å². The van der Waals surface area contributed by atoms with Crippen LogP contribution in [-0.4, -0.2) is 46.0 Å². The van der Waals surface area contributed by atoms with Crippen molar-refractivity contribution in [1.29, 1.82) is 0 Å². The zero-order valence-electron chi connectivity index (χ0n) is 25.6. The number of allylic oxidation sites excluding steroid dienone is 1. The highest BCUT2D eigenvalue weighted by Crippen LogP contribution is 2.85. The first-order valence-corrected chi connectivity index (χ1v) is 16.6. The topological polar surface area (TPSA) is 70.0 Å². The highest BCUT2D eigenvalue weighted by Gasteiger charge is 2.78. The molecule has 1 saturated heterocycles. The highest BCUT2D eigenvalue weighted by atomic mass is 16.6. The summed E-state index contributed by atoms with van der Waals surface area (Å²) in [5.41, 5.74) is 3.48. The van der Waals surface area contributed by atoms with Crippen LogP contribution < -0.4 is 0 Å². The van der Waals surface area contributed by atoms with Gasteiger partial charge in [-0.15, -0.1) is 0 Å². The van der Waals surface area contributed by atoms with E-state index in [0.29, 0.717) is 17.9 Å². The number of rotatable bonds is 4. The lowest BCUT2D eigenvalue weighted by molar-refractivity contribution is -0.0602. The molecule has 4 saturated carbocycles. The van der Waals surface area contributed by atoms with E-state index in [9.17, 15) is 15.0 Å². The average molecular weight is 562 g/mol. The lowest BCUT2D eigenvalue weighted by Crippen LogP contribution is -2.58. The van der Waals surface area contributed by atoms with Gasteiger partial charge in [0.2, 0.25) is 0 Å². The van der Waals surface area contributed by atoms with Crippen molar-refractivity contribution in [2.45, 2.75) is 110 Å². The zero-order valence-corrected chi connectivity index (χ0v) is 25.6. The molecule has 5 aliphatic carbocycles. The fourth-order valence-electron chi connectivity index (χ4n) is 11.8. The van der Waals surface area contributed by atoms with Gasteiger partial charge < -0.3 is 19.8 Å². The molecule has 5 fully saturated rings. The molecule has 0 radical (unpaired) electrons. The first-order chi connectivity index (χ1) is 19.6. The minimum atomic E-state index is -0.514. The third kappa shape index (κ3) is 4.18. The molecule has 0 bridgehead atoms. The van der Waals surface area contributed by atoms with E-state index in [1.54, 1.807) is 5.57 Å². The van der Waals surface area contributed by atoms with E-state index in [2.05, 4.69) is 33.8 Å². The minimum Gasteiger partial charge on any atom is -0.445 e. The van der Waals surface area contributed by atoms with Gasteiger partial charge >= 0.3 is 6.09 Å². The molecule has 224 valence electrons. The molecule has 12 atom stereocenters. The normalized spacial score (nSPS) is 47.3. The predicted molar refractivity (Wildman–Crippen MR) is 160 cm³/mol. The van der Waals surface area contributed by atoms with Crippen molar-refractivity contribution in [3.05, 3.63) is 47.5 Å². The monoisotopic (exact) mass is 561 g/mol. The van der Waals surface area contributed by atoms with E-state index in [1.807, 2.05) is 35.2 Å². The fraction of sp³-hybridized carbons (Fsp3) is 0.750. The van der Waals surface area contributed by atoms with Crippen molar-refractivity contribution in [3.8, 4) is 0 Å². The molecule has 6 aliphatic rings. The molecule has 1 unspecified atom stereocenters. The van der Waals surface area contributed by atoms with Gasteiger partial charge in [0.1, 0.15) is 6.61 Å². The molecule has 1 heterocycles. The first kappa shape index (κ1) is 28.0. The molecule has 1 amide bonds. The number of hydrogen-bond donors (Lipinski definition) is 2. The van der Waals surface area contributed by atoms with Gasteiger partial charge in [-0.3, -0.25) is 0 Å². The summed E-state index contributed by atoms with van der Waals surface area (Å²) >= 11 is 0. The van der Waals surface area contributed by atoms with E-state index >= 15 is 0 Å². The van der Waals surface area contributed by atoms with Gasteiger partial charge in [-0.05, 0) is 115 Å². The summed E-state index contributed by atoms with van der Waals surface area (Å²) in [4.78, 5) is 15.4. The number of piperidine rings is 1. The van der Waals surface area contributed by atoms with Crippen LogP contribution in [0, 0.1) is 51.8 Å². The van der Waals surface area contributed by atoms with Crippen LogP contribution in [-0.2, 0) is 11.3 Å². The Balaban J connectivity index is 1.11. The number of aliphatic hydroxyl groups is 2. The summed E-state index contributed by atoms with van der Waals surface area (Å²) in [6, 6.07) is 9.69. The molecule has 1 aromatic carbocycles. The van der Waals surface area contributed by atoms with E-state index in [-0.39, 0.29) is 47.5 Å². The summed E-state index contributed by atoms with van der Waals surface area (Å²) < 4.78 is 5.85. The van der Waals surface area contributed by atoms with Crippen LogP contribution in [0.15, 0.2) is 42.0 Å². The van der Waals surface area contributed by atoms with Gasteiger partial charge in [0.05, 0.1) is 18.2 Å². The van der Waals surface area contributed by atoms with Crippen molar-refractivity contribution in [1.82, 2.24) is 4.90 Å². The van der Waals surface area contributed by atoms with Crippen molar-refractivity contribution in [2.75, 3.05) is 6.54 Å². The summed E-state index contributed by atoms with van der Waals surface area (Å²) in [6.07, 6.45) is 11.6. The molecule has 1 aliphatic heterocycles. The van der Waals surface area contributed by atoms with Crippen molar-refractivity contribution >= 4 is 6.09 Å². The van der Waals surface area contributed by atoms with Gasteiger partial charge in [0.25, 0.3) is 0 Å². The van der Waals surface area contributed by atoms with Crippen molar-refractivity contribution in [2.24, 2.45) is 51.8 Å². The SMILES string of the molecule is C[C@H]1C[C@@H](O)[C@H]([C@@H](C)[C@@H]2CC[C@H]3C4CC=C5C[C@@H](O)CC[C@]5(C)[C@H]4C[C@@]34C[C@@]24C)N(C(=O)OCc2ccccc2)C1. The zero-order chi connectivity index (χ0) is 28.7. The van der Waals surface area contributed by atoms with Gasteiger partial charge in [0.15, 0.2) is 0 Å². The van der Waals surface area contributed by atoms with Crippen LogP contribution in [0.2, 0.25) is 0 Å². The molecule has 5 nitrogen and oxygen atoms in total. The van der Waals surface area contributed by atoms with Crippen LogP contribution >= 0.6 is 0 Å². The Labute approximate surface area is 246 Å². The van der Waals surface area contributed by atoms with E-state index in [0.717, 1.165) is 49.0 Å². The van der Waals surface area contributed by atoms with Gasteiger partial charge in [0, 0.05) is 6.54 Å². The molecule has 7 rings (SSSR count). The van der Waals surface area contributed by atoms with Crippen LogP contribution in [0.4, 0.5) is 4.79 Å². The lowest BCUT2D eigenvalue weighted by Gasteiger charge is -2.50. The molecule has 5 heteroatoms. The Morgan fingerprint density at radius 2 is 1.90 bits per heavy atom. The van der Waals surface area contributed by atoms with Gasteiger partial charge in [-0.1, -0.05) is 69.7 Å². The number of benzene rings is 1. The Kier molecular flexibility index (Phi) is 6.71. The Morgan fingerprint density at radius 1 is 1.12 bits per heavy atom. The van der Waals surface area contributed by atoms with Crippen LogP contribution in [0.3, 0.4) is 0 Å². The lowest BCUT2D eigenvalue weighted by atomic mass is 9.56. The molecule has 0 aromatic heterocycles. The standard InChI is InChI=1S/C36H51NO4/c1-22-16-31(39)32(37(19-22)33(40)41-20-24-8-6-5-7-9-24)23(2)28-12-13-29-27-11-10-25-17-26(38)14-15-34(25,3)30(27)18-36(29)21-35(28,36)4/h5-10,22-23,26-32,38-39H,11-21H2,1-4H3/t22-,23-,26-,27?,28-,29-,30-,31+,32-,34-,35-,36+/m0/s1. The molecule has 41 heavy (non-hydrogen) atoms. The minimum absolute atomic E-state index is 0.156. The van der Waals surface area contributed by atoms with Crippen molar-refractivity contribution < 1.29 is 19.7 Å². The number of aliphatic hydroxyl groups excluding tert-OH is 2. The number of carbonyl (C=O) groups is 1. The summed E-state index contributed by atoms with van der Waals surface area (Å²) in [5, 5.41) is 21.9.